The van der Waals surface area contributed by atoms with Crippen LogP contribution in [0.4, 0.5) is 0 Å². The van der Waals surface area contributed by atoms with Gasteiger partial charge >= 0.3 is 0 Å². The average molecular weight is 204 g/mol. The zero-order valence-corrected chi connectivity index (χ0v) is 7.85. The quantitative estimate of drug-likeness (QED) is 0.688. The summed E-state index contributed by atoms with van der Waals surface area (Å²) in [5.74, 6) is 0. The third kappa shape index (κ3) is 1.79. The van der Waals surface area contributed by atoms with Gasteiger partial charge in [-0.05, 0) is 19.1 Å². The summed E-state index contributed by atoms with van der Waals surface area (Å²) < 4.78 is 21.5. The van der Waals surface area contributed by atoms with Crippen LogP contribution in [0.5, 0.6) is 0 Å². The van der Waals surface area contributed by atoms with Crippen LogP contribution in [0.2, 0.25) is 0 Å². The molecule has 1 unspecified atom stereocenters. The largest absolute Gasteiger partial charge is 0.222 e. The second-order valence-corrected chi connectivity index (χ2v) is 5.18. The maximum absolute atomic E-state index is 11.3. The van der Waals surface area contributed by atoms with Gasteiger partial charge in [-0.25, -0.2) is 8.42 Å². The molecular formula is C8H8ClO2S. The van der Waals surface area contributed by atoms with E-state index in [4.69, 9.17) is 11.6 Å². The molecule has 0 heterocycles. The van der Waals surface area contributed by atoms with E-state index in [1.807, 2.05) is 0 Å². The molecule has 4 heteroatoms. The molecule has 0 bridgehead atoms. The van der Waals surface area contributed by atoms with Gasteiger partial charge in [-0.3, -0.25) is 0 Å². The van der Waals surface area contributed by atoms with Crippen molar-refractivity contribution in [3.8, 4) is 0 Å². The predicted octanol–water partition coefficient (Wildman–Crippen LogP) is 1.86. The molecule has 2 nitrogen and oxygen atoms in total. The van der Waals surface area contributed by atoms with Gasteiger partial charge in [0.15, 0.2) is 9.84 Å². The molecule has 0 amide bonds. The highest BCUT2D eigenvalue weighted by molar-refractivity contribution is 7.93. The molecule has 1 aromatic carbocycles. The van der Waals surface area contributed by atoms with E-state index in [2.05, 4.69) is 6.92 Å². The third-order valence-electron chi connectivity index (χ3n) is 1.41. The highest BCUT2D eigenvalue weighted by Gasteiger charge is 2.19. The Hall–Kier alpha value is -0.540. The predicted molar refractivity (Wildman–Crippen MR) is 48.6 cm³/mol. The fraction of sp³-hybridized carbons (Fsp3) is 0.125. The molecule has 1 radical (unpaired) electrons. The zero-order valence-electron chi connectivity index (χ0n) is 6.27. The van der Waals surface area contributed by atoms with Crippen molar-refractivity contribution in [1.82, 2.24) is 0 Å². The van der Waals surface area contributed by atoms with E-state index < -0.39 is 14.5 Å². The topological polar surface area (TPSA) is 34.1 Å². The summed E-state index contributed by atoms with van der Waals surface area (Å²) in [5.41, 5.74) is 0. The lowest BCUT2D eigenvalue weighted by Crippen LogP contribution is -2.11. The molecule has 0 saturated carbocycles. The van der Waals surface area contributed by atoms with Crippen molar-refractivity contribution in [3.63, 3.8) is 0 Å². The molecule has 0 aliphatic carbocycles. The van der Waals surface area contributed by atoms with E-state index in [0.717, 1.165) is 0 Å². The molecule has 0 spiro atoms. The van der Waals surface area contributed by atoms with Gasteiger partial charge in [0, 0.05) is 0 Å². The molecule has 0 aliphatic heterocycles. The van der Waals surface area contributed by atoms with Gasteiger partial charge in [-0.2, -0.15) is 0 Å². The van der Waals surface area contributed by atoms with E-state index in [1.165, 1.54) is 12.1 Å². The van der Waals surface area contributed by atoms with Crippen molar-refractivity contribution >= 4 is 21.4 Å². The minimum Gasteiger partial charge on any atom is -0.222 e. The van der Waals surface area contributed by atoms with Crippen molar-refractivity contribution < 1.29 is 8.42 Å². The Kier molecular flexibility index (Phi) is 2.75. The zero-order chi connectivity index (χ0) is 9.19. The van der Waals surface area contributed by atoms with Gasteiger partial charge in [0.25, 0.3) is 0 Å². The first-order chi connectivity index (χ1) is 5.55. The van der Waals surface area contributed by atoms with Crippen molar-refractivity contribution in [1.29, 1.82) is 0 Å². The fourth-order valence-electron chi connectivity index (χ4n) is 0.758. The fourth-order valence-corrected chi connectivity index (χ4v) is 1.90. The molecule has 0 saturated heterocycles. The minimum atomic E-state index is -3.42. The number of hydrogen-bond donors (Lipinski definition) is 0. The number of sulfone groups is 1. The number of hydrogen-bond acceptors (Lipinski definition) is 2. The summed E-state index contributed by atoms with van der Waals surface area (Å²) >= 11 is 5.40. The Morgan fingerprint density at radius 3 is 2.17 bits per heavy atom. The van der Waals surface area contributed by atoms with Crippen LogP contribution in [-0.2, 0) is 9.84 Å². The van der Waals surface area contributed by atoms with Crippen molar-refractivity contribution in [3.05, 3.63) is 37.3 Å². The molecular weight excluding hydrogens is 196 g/mol. The van der Waals surface area contributed by atoms with Crippen molar-refractivity contribution in [2.75, 3.05) is 0 Å². The summed E-state index contributed by atoms with van der Waals surface area (Å²) in [7, 11) is -3.42. The van der Waals surface area contributed by atoms with Gasteiger partial charge in [0.2, 0.25) is 0 Å². The van der Waals surface area contributed by atoms with E-state index in [9.17, 15) is 8.42 Å². The molecule has 65 valence electrons. The van der Waals surface area contributed by atoms with Gasteiger partial charge < -0.3 is 0 Å². The lowest BCUT2D eigenvalue weighted by molar-refractivity contribution is 0.596. The Bertz CT molecular complexity index is 343. The lowest BCUT2D eigenvalue weighted by atomic mass is 10.4. The van der Waals surface area contributed by atoms with Crippen LogP contribution in [0.15, 0.2) is 35.2 Å². The monoisotopic (exact) mass is 203 g/mol. The Labute approximate surface area is 77.1 Å². The van der Waals surface area contributed by atoms with Crippen molar-refractivity contribution in [2.45, 2.75) is 9.60 Å². The first-order valence-electron chi connectivity index (χ1n) is 3.31. The standard InChI is InChI=1S/C8H8ClO2S/c1-7(9)12(10,11)8-5-3-2-4-6-8/h2-7H,1H2. The number of benzene rings is 1. The van der Waals surface area contributed by atoms with Gasteiger partial charge in [0.1, 0.15) is 4.71 Å². The second kappa shape index (κ2) is 3.46. The molecule has 0 aliphatic rings. The molecule has 0 N–H and O–H groups in total. The Morgan fingerprint density at radius 1 is 1.25 bits per heavy atom. The summed E-state index contributed by atoms with van der Waals surface area (Å²) in [6.07, 6.45) is 0. The van der Waals surface area contributed by atoms with Gasteiger partial charge in [0.05, 0.1) is 4.90 Å². The summed E-state index contributed by atoms with van der Waals surface area (Å²) in [5, 5.41) is 0. The lowest BCUT2D eigenvalue weighted by Gasteiger charge is -2.04. The molecule has 0 aromatic heterocycles. The summed E-state index contributed by atoms with van der Waals surface area (Å²) in [6, 6.07) is 8.02. The summed E-state index contributed by atoms with van der Waals surface area (Å²) in [4.78, 5) is 0.208. The molecule has 12 heavy (non-hydrogen) atoms. The molecule has 1 atom stereocenters. The highest BCUT2D eigenvalue weighted by atomic mass is 35.5. The van der Waals surface area contributed by atoms with Crippen LogP contribution in [0, 0.1) is 6.92 Å². The maximum atomic E-state index is 11.3. The van der Waals surface area contributed by atoms with Gasteiger partial charge in [-0.1, -0.05) is 18.2 Å². The Balaban J connectivity index is 3.17. The number of halogens is 1. The highest BCUT2D eigenvalue weighted by Crippen LogP contribution is 2.16. The molecule has 0 fully saturated rings. The van der Waals surface area contributed by atoms with E-state index in [-0.39, 0.29) is 4.90 Å². The van der Waals surface area contributed by atoms with Crippen LogP contribution < -0.4 is 0 Å². The SMILES string of the molecule is [CH2]C(Cl)S(=O)(=O)c1ccccc1. The first-order valence-corrected chi connectivity index (χ1v) is 5.29. The smallest absolute Gasteiger partial charge is 0.195 e. The maximum Gasteiger partial charge on any atom is 0.195 e. The number of rotatable bonds is 2. The first kappa shape index (κ1) is 9.55. The van der Waals surface area contributed by atoms with Crippen LogP contribution >= 0.6 is 11.6 Å². The molecule has 1 rings (SSSR count). The number of alkyl halides is 1. The van der Waals surface area contributed by atoms with E-state index in [0.29, 0.717) is 0 Å². The van der Waals surface area contributed by atoms with Crippen LogP contribution in [0.1, 0.15) is 0 Å². The van der Waals surface area contributed by atoms with Crippen LogP contribution in [0.25, 0.3) is 0 Å². The van der Waals surface area contributed by atoms with E-state index in [1.54, 1.807) is 18.2 Å². The Morgan fingerprint density at radius 2 is 1.75 bits per heavy atom. The molecule has 1 aromatic rings. The van der Waals surface area contributed by atoms with Crippen molar-refractivity contribution in [2.24, 2.45) is 0 Å². The second-order valence-electron chi connectivity index (χ2n) is 2.27. The minimum absolute atomic E-state index is 0.208. The average Bonchev–Trinajstić information content (AvgIpc) is 2.06. The van der Waals surface area contributed by atoms with Crippen LogP contribution in [-0.4, -0.2) is 13.1 Å². The third-order valence-corrected chi connectivity index (χ3v) is 3.71. The van der Waals surface area contributed by atoms with E-state index >= 15 is 0 Å². The normalized spacial score (nSPS) is 14.2. The van der Waals surface area contributed by atoms with Gasteiger partial charge in [-0.15, -0.1) is 11.6 Å². The summed E-state index contributed by atoms with van der Waals surface area (Å²) in [6.45, 7) is 3.26. The van der Waals surface area contributed by atoms with Crippen LogP contribution in [0.3, 0.4) is 0 Å².